The van der Waals surface area contributed by atoms with Gasteiger partial charge >= 0.3 is 0 Å². The molecule has 0 aromatic rings. The fourth-order valence-electron chi connectivity index (χ4n) is 0.316. The van der Waals surface area contributed by atoms with Gasteiger partial charge in [-0.15, -0.1) is 0 Å². The summed E-state index contributed by atoms with van der Waals surface area (Å²) < 4.78 is 0. The molecule has 0 rings (SSSR count). The third-order valence-corrected chi connectivity index (χ3v) is 1.02. The summed E-state index contributed by atoms with van der Waals surface area (Å²) in [7, 11) is 0. The molecule has 0 aliphatic carbocycles. The van der Waals surface area contributed by atoms with E-state index >= 15 is 0 Å². The summed E-state index contributed by atoms with van der Waals surface area (Å²) in [5.74, 6) is 0. The minimum atomic E-state index is 0. The van der Waals surface area contributed by atoms with Gasteiger partial charge in [0.05, 0.1) is 0 Å². The van der Waals surface area contributed by atoms with Gasteiger partial charge in [0.25, 0.3) is 0 Å². The second kappa shape index (κ2) is 22.4. The Morgan fingerprint density at radius 2 is 1.09 bits per heavy atom. The van der Waals surface area contributed by atoms with Crippen molar-refractivity contribution < 1.29 is 29.7 Å². The Bertz CT molecular complexity index is 33.1. The molecular weight excluding hydrogens is 193 g/mol. The third-order valence-electron chi connectivity index (χ3n) is 1.02. The van der Waals surface area contributed by atoms with E-state index in [1.165, 1.54) is 0 Å². The number of aliphatic hydroxyl groups excluding tert-OH is 2. The predicted molar refractivity (Wildman–Crippen MR) is 44.0 cm³/mol. The third kappa shape index (κ3) is 37.3. The summed E-state index contributed by atoms with van der Waals surface area (Å²) in [5, 5.41) is 16.1. The van der Waals surface area contributed by atoms with Crippen LogP contribution in [0.25, 0.3) is 0 Å². The smallest absolute Gasteiger partial charge is 0.0430 e. The minimum absolute atomic E-state index is 0. The SMILES string of the molecule is CCCCO.CCCCO.[Zn]. The topological polar surface area (TPSA) is 40.5 Å². The molecule has 0 aliphatic heterocycles. The van der Waals surface area contributed by atoms with E-state index in [1.807, 2.05) is 0 Å². The Morgan fingerprint density at radius 3 is 1.09 bits per heavy atom. The van der Waals surface area contributed by atoms with Crippen LogP contribution in [0.15, 0.2) is 0 Å². The van der Waals surface area contributed by atoms with Gasteiger partial charge in [0.1, 0.15) is 0 Å². The first-order chi connectivity index (χ1) is 4.83. The van der Waals surface area contributed by atoms with Crippen LogP contribution in [0.3, 0.4) is 0 Å². The van der Waals surface area contributed by atoms with Gasteiger partial charge in [-0.25, -0.2) is 0 Å². The molecule has 0 saturated heterocycles. The summed E-state index contributed by atoms with van der Waals surface area (Å²) in [6.07, 6.45) is 4.08. The van der Waals surface area contributed by atoms with E-state index in [4.69, 9.17) is 10.2 Å². The molecule has 0 spiro atoms. The van der Waals surface area contributed by atoms with Gasteiger partial charge in [-0.3, -0.25) is 0 Å². The summed E-state index contributed by atoms with van der Waals surface area (Å²) in [6.45, 7) is 4.79. The molecule has 0 atom stereocenters. The standard InChI is InChI=1S/2C4H10O.Zn/c2*1-2-3-4-5;/h2*5H,2-4H2,1H3;. The zero-order valence-corrected chi connectivity index (χ0v) is 10.8. The van der Waals surface area contributed by atoms with Crippen LogP contribution in [0.2, 0.25) is 0 Å². The minimum Gasteiger partial charge on any atom is -0.396 e. The van der Waals surface area contributed by atoms with Crippen molar-refractivity contribution in [1.82, 2.24) is 0 Å². The molecule has 0 amide bonds. The first-order valence-electron chi connectivity index (χ1n) is 4.05. The van der Waals surface area contributed by atoms with E-state index in [1.54, 1.807) is 0 Å². The van der Waals surface area contributed by atoms with E-state index < -0.39 is 0 Å². The van der Waals surface area contributed by atoms with Crippen molar-refractivity contribution in [2.45, 2.75) is 39.5 Å². The summed E-state index contributed by atoms with van der Waals surface area (Å²) in [5.41, 5.74) is 0. The molecule has 0 aromatic carbocycles. The summed E-state index contributed by atoms with van der Waals surface area (Å²) in [6, 6.07) is 0. The van der Waals surface area contributed by atoms with Gasteiger partial charge in [0, 0.05) is 32.7 Å². The van der Waals surface area contributed by atoms with Gasteiger partial charge in [0.15, 0.2) is 0 Å². The fourth-order valence-corrected chi connectivity index (χ4v) is 0.316. The van der Waals surface area contributed by atoms with Crippen LogP contribution in [0, 0.1) is 0 Å². The normalized spacial score (nSPS) is 7.64. The van der Waals surface area contributed by atoms with Crippen LogP contribution in [0.1, 0.15) is 39.5 Å². The molecule has 2 N–H and O–H groups in total. The van der Waals surface area contributed by atoms with E-state index in [-0.39, 0.29) is 19.5 Å². The van der Waals surface area contributed by atoms with Gasteiger partial charge < -0.3 is 10.2 Å². The average molecular weight is 214 g/mol. The van der Waals surface area contributed by atoms with Crippen molar-refractivity contribution in [3.63, 3.8) is 0 Å². The summed E-state index contributed by atoms with van der Waals surface area (Å²) in [4.78, 5) is 0. The monoisotopic (exact) mass is 212 g/mol. The van der Waals surface area contributed by atoms with Crippen LogP contribution in [0.4, 0.5) is 0 Å². The van der Waals surface area contributed by atoms with Crippen LogP contribution < -0.4 is 0 Å². The van der Waals surface area contributed by atoms with Crippen molar-refractivity contribution >= 4 is 0 Å². The Labute approximate surface area is 82.8 Å². The van der Waals surface area contributed by atoms with Crippen molar-refractivity contribution in [3.05, 3.63) is 0 Å². The molecule has 0 heterocycles. The summed E-state index contributed by atoms with van der Waals surface area (Å²) >= 11 is 0. The zero-order chi connectivity index (χ0) is 8.24. The van der Waals surface area contributed by atoms with Crippen LogP contribution in [-0.4, -0.2) is 23.4 Å². The molecule has 3 heteroatoms. The largest absolute Gasteiger partial charge is 0.396 e. The molecule has 0 saturated carbocycles. The Balaban J connectivity index is -0.000000107. The van der Waals surface area contributed by atoms with E-state index in [0.29, 0.717) is 13.2 Å². The maximum absolute atomic E-state index is 8.07. The molecule has 0 unspecified atom stereocenters. The molecule has 11 heavy (non-hydrogen) atoms. The molecule has 0 aliphatic rings. The maximum Gasteiger partial charge on any atom is 0.0430 e. The number of aliphatic hydroxyl groups is 2. The van der Waals surface area contributed by atoms with Crippen LogP contribution in [-0.2, 0) is 19.5 Å². The molecular formula is C8H20O2Zn. The molecule has 0 aromatic heterocycles. The van der Waals surface area contributed by atoms with Crippen molar-refractivity contribution in [2.24, 2.45) is 0 Å². The van der Waals surface area contributed by atoms with Crippen molar-refractivity contribution in [1.29, 1.82) is 0 Å². The molecule has 66 valence electrons. The van der Waals surface area contributed by atoms with Gasteiger partial charge in [-0.1, -0.05) is 26.7 Å². The average Bonchev–Trinajstić information content (AvgIpc) is 1.93. The van der Waals surface area contributed by atoms with E-state index in [2.05, 4.69) is 13.8 Å². The molecule has 2 nitrogen and oxygen atoms in total. The second-order valence-corrected chi connectivity index (χ2v) is 2.15. The zero-order valence-electron chi connectivity index (χ0n) is 7.84. The number of unbranched alkanes of at least 4 members (excludes halogenated alkanes) is 2. The predicted octanol–water partition coefficient (Wildman–Crippen LogP) is 1.56. The Morgan fingerprint density at radius 1 is 0.818 bits per heavy atom. The second-order valence-electron chi connectivity index (χ2n) is 2.15. The number of hydrogen-bond acceptors (Lipinski definition) is 2. The molecule has 0 radical (unpaired) electrons. The van der Waals surface area contributed by atoms with Crippen molar-refractivity contribution in [3.8, 4) is 0 Å². The van der Waals surface area contributed by atoms with E-state index in [0.717, 1.165) is 25.7 Å². The molecule has 0 fully saturated rings. The number of rotatable bonds is 4. The first-order valence-corrected chi connectivity index (χ1v) is 4.05. The van der Waals surface area contributed by atoms with Crippen molar-refractivity contribution in [2.75, 3.05) is 13.2 Å². The van der Waals surface area contributed by atoms with Gasteiger partial charge in [-0.2, -0.15) is 0 Å². The fraction of sp³-hybridized carbons (Fsp3) is 1.00. The maximum atomic E-state index is 8.07. The Kier molecular flexibility index (Phi) is 35.8. The quantitative estimate of drug-likeness (QED) is 0.696. The van der Waals surface area contributed by atoms with Crippen LogP contribution in [0.5, 0.6) is 0 Å². The number of hydrogen-bond donors (Lipinski definition) is 2. The van der Waals surface area contributed by atoms with Gasteiger partial charge in [-0.05, 0) is 12.8 Å². The molecule has 0 bridgehead atoms. The Hall–Kier alpha value is 0.543. The van der Waals surface area contributed by atoms with E-state index in [9.17, 15) is 0 Å². The first kappa shape index (κ1) is 17.6. The van der Waals surface area contributed by atoms with Crippen LogP contribution >= 0.6 is 0 Å². The van der Waals surface area contributed by atoms with Gasteiger partial charge in [0.2, 0.25) is 0 Å².